The third-order valence-corrected chi connectivity index (χ3v) is 5.89. The van der Waals surface area contributed by atoms with Gasteiger partial charge in [0.15, 0.2) is 0 Å². The van der Waals surface area contributed by atoms with Crippen LogP contribution in [-0.2, 0) is 23.6 Å². The maximum absolute atomic E-state index is 12.2. The number of aromatic nitrogens is 2. The number of nitrogens with one attached hydrogen (secondary N) is 2. The largest absolute Gasteiger partial charge is 0.310 e. The predicted octanol–water partition coefficient (Wildman–Crippen LogP) is 1.53. The Labute approximate surface area is 121 Å². The second-order valence-corrected chi connectivity index (χ2v) is 7.76. The molecular formula is C12H16N4O2S2. The third kappa shape index (κ3) is 3.20. The van der Waals surface area contributed by atoms with Gasteiger partial charge in [-0.2, -0.15) is 5.10 Å². The monoisotopic (exact) mass is 312 g/mol. The van der Waals surface area contributed by atoms with Crippen LogP contribution in [0.25, 0.3) is 0 Å². The SMILES string of the molecule is Cn1cc(NS(=O)(=O)c2cc(CNC3CC3)cs2)cn1. The van der Waals surface area contributed by atoms with E-state index in [9.17, 15) is 8.42 Å². The average molecular weight is 312 g/mol. The summed E-state index contributed by atoms with van der Waals surface area (Å²) in [6, 6.07) is 2.34. The van der Waals surface area contributed by atoms with Gasteiger partial charge in [-0.25, -0.2) is 8.42 Å². The van der Waals surface area contributed by atoms with Gasteiger partial charge in [0, 0.05) is 25.8 Å². The van der Waals surface area contributed by atoms with Crippen LogP contribution in [-0.4, -0.2) is 24.2 Å². The highest BCUT2D eigenvalue weighted by molar-refractivity contribution is 7.94. The van der Waals surface area contributed by atoms with Crippen molar-refractivity contribution in [2.75, 3.05) is 4.72 Å². The quantitative estimate of drug-likeness (QED) is 0.848. The van der Waals surface area contributed by atoms with Crippen molar-refractivity contribution in [3.05, 3.63) is 29.4 Å². The lowest BCUT2D eigenvalue weighted by Crippen LogP contribution is -2.15. The zero-order valence-corrected chi connectivity index (χ0v) is 12.7. The van der Waals surface area contributed by atoms with Gasteiger partial charge in [0.05, 0.1) is 11.9 Å². The Balaban J connectivity index is 1.69. The molecule has 1 fully saturated rings. The van der Waals surface area contributed by atoms with E-state index in [0.717, 1.165) is 12.1 Å². The van der Waals surface area contributed by atoms with Gasteiger partial charge < -0.3 is 5.32 Å². The van der Waals surface area contributed by atoms with Gasteiger partial charge in [-0.05, 0) is 29.9 Å². The van der Waals surface area contributed by atoms with Gasteiger partial charge in [-0.3, -0.25) is 9.40 Å². The zero-order valence-electron chi connectivity index (χ0n) is 11.0. The summed E-state index contributed by atoms with van der Waals surface area (Å²) in [6.07, 6.45) is 5.55. The van der Waals surface area contributed by atoms with Gasteiger partial charge in [0.1, 0.15) is 4.21 Å². The maximum Gasteiger partial charge on any atom is 0.271 e. The number of sulfonamides is 1. The fourth-order valence-corrected chi connectivity index (χ4v) is 4.05. The first-order valence-corrected chi connectivity index (χ1v) is 8.71. The number of hydrogen-bond donors (Lipinski definition) is 2. The summed E-state index contributed by atoms with van der Waals surface area (Å²) in [5.41, 5.74) is 1.48. The number of rotatable bonds is 6. The molecule has 2 aromatic heterocycles. The van der Waals surface area contributed by atoms with Crippen LogP contribution in [0.2, 0.25) is 0 Å². The molecule has 20 heavy (non-hydrogen) atoms. The average Bonchev–Trinajstić information content (AvgIpc) is 2.93. The van der Waals surface area contributed by atoms with Crippen LogP contribution < -0.4 is 10.0 Å². The summed E-state index contributed by atoms with van der Waals surface area (Å²) >= 11 is 1.24. The molecule has 0 amide bonds. The number of aryl methyl sites for hydroxylation is 1. The fourth-order valence-electron chi connectivity index (χ4n) is 1.82. The minimum Gasteiger partial charge on any atom is -0.310 e. The first-order chi connectivity index (χ1) is 9.53. The second kappa shape index (κ2) is 5.19. The summed E-state index contributed by atoms with van der Waals surface area (Å²) in [4.78, 5) is 0. The predicted molar refractivity (Wildman–Crippen MR) is 78.2 cm³/mol. The summed E-state index contributed by atoms with van der Waals surface area (Å²) < 4.78 is 28.8. The van der Waals surface area contributed by atoms with E-state index in [1.807, 2.05) is 5.38 Å². The van der Waals surface area contributed by atoms with E-state index in [2.05, 4.69) is 15.1 Å². The van der Waals surface area contributed by atoms with Crippen molar-refractivity contribution < 1.29 is 8.42 Å². The van der Waals surface area contributed by atoms with E-state index in [0.29, 0.717) is 15.9 Å². The molecule has 6 nitrogen and oxygen atoms in total. The lowest BCUT2D eigenvalue weighted by Gasteiger charge is -2.02. The van der Waals surface area contributed by atoms with Crippen LogP contribution in [0, 0.1) is 0 Å². The minimum absolute atomic E-state index is 0.328. The van der Waals surface area contributed by atoms with E-state index >= 15 is 0 Å². The zero-order chi connectivity index (χ0) is 14.2. The topological polar surface area (TPSA) is 76.0 Å². The van der Waals surface area contributed by atoms with Crippen molar-refractivity contribution in [1.82, 2.24) is 15.1 Å². The van der Waals surface area contributed by atoms with Crippen LogP contribution in [0.4, 0.5) is 5.69 Å². The van der Waals surface area contributed by atoms with Crippen molar-refractivity contribution in [3.63, 3.8) is 0 Å². The van der Waals surface area contributed by atoms with E-state index < -0.39 is 10.0 Å². The molecule has 1 saturated carbocycles. The summed E-state index contributed by atoms with van der Waals surface area (Å²) in [5, 5.41) is 9.19. The molecule has 8 heteroatoms. The van der Waals surface area contributed by atoms with Crippen molar-refractivity contribution in [1.29, 1.82) is 0 Å². The molecule has 0 aromatic carbocycles. The fraction of sp³-hybridized carbons (Fsp3) is 0.417. The molecule has 2 N–H and O–H groups in total. The van der Waals surface area contributed by atoms with Gasteiger partial charge in [-0.1, -0.05) is 0 Å². The molecule has 2 heterocycles. The molecule has 3 rings (SSSR count). The van der Waals surface area contributed by atoms with Gasteiger partial charge in [-0.15, -0.1) is 11.3 Å². The van der Waals surface area contributed by atoms with Crippen molar-refractivity contribution in [2.45, 2.75) is 29.6 Å². The molecule has 1 aliphatic rings. The Morgan fingerprint density at radius 1 is 1.50 bits per heavy atom. The van der Waals surface area contributed by atoms with Gasteiger partial charge in [0.2, 0.25) is 0 Å². The standard InChI is InChI=1S/C12H16N4O2S2/c1-16-7-11(6-14-16)15-20(17,18)12-4-9(8-19-12)5-13-10-2-3-10/h4,6-8,10,13,15H,2-3,5H2,1H3. The first-order valence-electron chi connectivity index (χ1n) is 6.35. The number of thiophene rings is 1. The highest BCUT2D eigenvalue weighted by atomic mass is 32.2. The molecule has 0 bridgehead atoms. The van der Waals surface area contributed by atoms with Gasteiger partial charge in [0.25, 0.3) is 10.0 Å². The van der Waals surface area contributed by atoms with E-state index in [1.54, 1.807) is 24.0 Å². The molecule has 0 unspecified atom stereocenters. The highest BCUT2D eigenvalue weighted by Gasteiger charge is 2.21. The van der Waals surface area contributed by atoms with Crippen molar-refractivity contribution in [3.8, 4) is 0 Å². The Bertz CT molecular complexity index is 701. The van der Waals surface area contributed by atoms with Crippen LogP contribution in [0.15, 0.2) is 28.0 Å². The van der Waals surface area contributed by atoms with Crippen LogP contribution in [0.1, 0.15) is 18.4 Å². The molecule has 0 saturated heterocycles. The number of nitrogens with zero attached hydrogens (tertiary/aromatic N) is 2. The lowest BCUT2D eigenvalue weighted by atomic mass is 10.3. The van der Waals surface area contributed by atoms with Gasteiger partial charge >= 0.3 is 0 Å². The molecule has 2 aromatic rings. The Kier molecular flexibility index (Phi) is 3.53. The Morgan fingerprint density at radius 3 is 2.95 bits per heavy atom. The smallest absolute Gasteiger partial charge is 0.271 e. The van der Waals surface area contributed by atoms with Crippen LogP contribution in [0.3, 0.4) is 0 Å². The van der Waals surface area contributed by atoms with Crippen LogP contribution in [0.5, 0.6) is 0 Å². The van der Waals surface area contributed by atoms with Crippen LogP contribution >= 0.6 is 11.3 Å². The Morgan fingerprint density at radius 2 is 2.30 bits per heavy atom. The normalized spacial score (nSPS) is 15.4. The third-order valence-electron chi connectivity index (χ3n) is 3.02. The molecule has 0 radical (unpaired) electrons. The first kappa shape index (κ1) is 13.6. The summed E-state index contributed by atoms with van der Waals surface area (Å²) in [7, 11) is -1.77. The number of hydrogen-bond acceptors (Lipinski definition) is 5. The molecule has 108 valence electrons. The summed E-state index contributed by atoms with van der Waals surface area (Å²) in [5.74, 6) is 0. The maximum atomic E-state index is 12.2. The molecule has 0 atom stereocenters. The minimum atomic E-state index is -3.51. The molecule has 0 aliphatic heterocycles. The summed E-state index contributed by atoms with van der Waals surface area (Å²) in [6.45, 7) is 0.726. The second-order valence-electron chi connectivity index (χ2n) is 4.94. The van der Waals surface area contributed by atoms with E-state index in [1.165, 1.54) is 30.4 Å². The van der Waals surface area contributed by atoms with Crippen molar-refractivity contribution >= 4 is 27.0 Å². The van der Waals surface area contributed by atoms with Crippen molar-refractivity contribution in [2.24, 2.45) is 7.05 Å². The number of anilines is 1. The molecule has 1 aliphatic carbocycles. The lowest BCUT2D eigenvalue weighted by molar-refractivity contribution is 0.603. The van der Waals surface area contributed by atoms with E-state index in [-0.39, 0.29) is 0 Å². The molecule has 0 spiro atoms. The highest BCUT2D eigenvalue weighted by Crippen LogP contribution is 2.24. The molecular weight excluding hydrogens is 296 g/mol. The van der Waals surface area contributed by atoms with E-state index in [4.69, 9.17) is 0 Å². The Hall–Kier alpha value is -1.38.